The third-order valence-electron chi connectivity index (χ3n) is 4.51. The summed E-state index contributed by atoms with van der Waals surface area (Å²) in [4.78, 5) is 6.54. The summed E-state index contributed by atoms with van der Waals surface area (Å²) < 4.78 is 0. The molecule has 0 aliphatic carbocycles. The van der Waals surface area contributed by atoms with Gasteiger partial charge in [-0.05, 0) is 36.5 Å². The average Bonchev–Trinajstić information content (AvgIpc) is 2.71. The van der Waals surface area contributed by atoms with E-state index >= 15 is 0 Å². The van der Waals surface area contributed by atoms with Gasteiger partial charge in [0.2, 0.25) is 0 Å². The van der Waals surface area contributed by atoms with Gasteiger partial charge in [0, 0.05) is 5.70 Å². The molecule has 0 fully saturated rings. The highest BCUT2D eigenvalue weighted by Crippen LogP contribution is 2.27. The highest BCUT2D eigenvalue weighted by atomic mass is 16.7. The first-order chi connectivity index (χ1) is 13.3. The van der Waals surface area contributed by atoms with Gasteiger partial charge in [0.1, 0.15) is 6.10 Å². The molecule has 0 radical (unpaired) electrons. The van der Waals surface area contributed by atoms with Gasteiger partial charge < -0.3 is 0 Å². The van der Waals surface area contributed by atoms with Gasteiger partial charge in [-0.3, -0.25) is 9.90 Å². The topological polar surface area (TPSA) is 12.5 Å². The van der Waals surface area contributed by atoms with Gasteiger partial charge >= 0.3 is 0 Å². The van der Waals surface area contributed by atoms with Gasteiger partial charge in [-0.2, -0.15) is 0 Å². The molecule has 0 aliphatic heterocycles. The quantitative estimate of drug-likeness (QED) is 0.292. The monoisotopic (exact) mass is 363 g/mol. The zero-order valence-corrected chi connectivity index (χ0v) is 16.8. The number of rotatable bonds is 12. The molecule has 144 valence electrons. The Bertz CT molecular complexity index is 678. The molecule has 2 heteroatoms. The molecule has 0 aliphatic rings. The standard InChI is InChI=1S/C25H33NO/c1-4-7-19-24(21-22-15-10-8-11-16-22)26(20-6-3)27-25(14-5-2)23-17-12-9-13-18-23/h6,8-13,15-18,21,25H,3-5,7,14,19-20H2,1-2H3/b24-21+. The zero-order valence-electron chi connectivity index (χ0n) is 16.8. The van der Waals surface area contributed by atoms with Crippen LogP contribution in [0.5, 0.6) is 0 Å². The molecule has 27 heavy (non-hydrogen) atoms. The van der Waals surface area contributed by atoms with Crippen molar-refractivity contribution in [2.24, 2.45) is 0 Å². The summed E-state index contributed by atoms with van der Waals surface area (Å²) in [6, 6.07) is 21.0. The molecule has 1 atom stereocenters. The lowest BCUT2D eigenvalue weighted by atomic mass is 10.1. The number of unbranched alkanes of at least 4 members (excludes halogenated alkanes) is 1. The van der Waals surface area contributed by atoms with Gasteiger partial charge in [-0.25, -0.2) is 0 Å². The molecule has 0 saturated heterocycles. The van der Waals surface area contributed by atoms with Crippen LogP contribution in [0.25, 0.3) is 6.08 Å². The van der Waals surface area contributed by atoms with Crippen LogP contribution in [0, 0.1) is 0 Å². The molecule has 0 bridgehead atoms. The van der Waals surface area contributed by atoms with E-state index in [1.165, 1.54) is 16.8 Å². The lowest BCUT2D eigenvalue weighted by Crippen LogP contribution is -2.26. The Morgan fingerprint density at radius 2 is 1.67 bits per heavy atom. The Balaban J connectivity index is 2.28. The van der Waals surface area contributed by atoms with E-state index in [-0.39, 0.29) is 6.10 Å². The van der Waals surface area contributed by atoms with Crippen LogP contribution in [0.2, 0.25) is 0 Å². The fraction of sp³-hybridized carbons (Fsp3) is 0.360. The van der Waals surface area contributed by atoms with Gasteiger partial charge in [0.25, 0.3) is 0 Å². The van der Waals surface area contributed by atoms with Crippen LogP contribution in [-0.2, 0) is 4.84 Å². The van der Waals surface area contributed by atoms with Crippen molar-refractivity contribution in [1.29, 1.82) is 0 Å². The first-order valence-corrected chi connectivity index (χ1v) is 10.1. The Labute approximate surface area is 165 Å². The summed E-state index contributed by atoms with van der Waals surface area (Å²) in [5.41, 5.74) is 3.64. The van der Waals surface area contributed by atoms with E-state index in [1.54, 1.807) is 0 Å². The molecule has 2 nitrogen and oxygen atoms in total. The van der Waals surface area contributed by atoms with E-state index in [0.29, 0.717) is 6.54 Å². The van der Waals surface area contributed by atoms with Crippen molar-refractivity contribution in [1.82, 2.24) is 5.06 Å². The molecule has 2 aromatic carbocycles. The van der Waals surface area contributed by atoms with Crippen LogP contribution in [0.15, 0.2) is 79.0 Å². The Kier molecular flexibility index (Phi) is 9.43. The van der Waals surface area contributed by atoms with Gasteiger partial charge in [-0.1, -0.05) is 93.4 Å². The van der Waals surface area contributed by atoms with Crippen LogP contribution >= 0.6 is 0 Å². The summed E-state index contributed by atoms with van der Waals surface area (Å²) in [7, 11) is 0. The summed E-state index contributed by atoms with van der Waals surface area (Å²) >= 11 is 0. The minimum atomic E-state index is 0.0527. The molecule has 0 N–H and O–H groups in total. The molecule has 1 unspecified atom stereocenters. The minimum absolute atomic E-state index is 0.0527. The molecule has 0 aromatic heterocycles. The average molecular weight is 364 g/mol. The van der Waals surface area contributed by atoms with Gasteiger partial charge in [-0.15, -0.1) is 6.58 Å². The number of hydrogen-bond donors (Lipinski definition) is 0. The van der Waals surface area contributed by atoms with E-state index in [9.17, 15) is 0 Å². The highest BCUT2D eigenvalue weighted by Gasteiger charge is 2.18. The Hall–Kier alpha value is -2.32. The third kappa shape index (κ3) is 7.07. The van der Waals surface area contributed by atoms with E-state index < -0.39 is 0 Å². The fourth-order valence-corrected chi connectivity index (χ4v) is 3.08. The third-order valence-corrected chi connectivity index (χ3v) is 4.51. The molecule has 0 heterocycles. The molecule has 0 saturated carbocycles. The number of hydroxylamine groups is 2. The van der Waals surface area contributed by atoms with E-state index in [4.69, 9.17) is 4.84 Å². The molecular weight excluding hydrogens is 330 g/mol. The predicted molar refractivity (Wildman–Crippen MR) is 116 cm³/mol. The normalized spacial score (nSPS) is 12.6. The summed E-state index contributed by atoms with van der Waals surface area (Å²) in [5, 5.41) is 2.04. The van der Waals surface area contributed by atoms with Crippen LogP contribution < -0.4 is 0 Å². The summed E-state index contributed by atoms with van der Waals surface area (Å²) in [6.45, 7) is 9.05. The van der Waals surface area contributed by atoms with Crippen LogP contribution in [0.3, 0.4) is 0 Å². The minimum Gasteiger partial charge on any atom is -0.265 e. The summed E-state index contributed by atoms with van der Waals surface area (Å²) in [6.07, 6.45) is 9.57. The second-order valence-electron chi connectivity index (χ2n) is 6.79. The lowest BCUT2D eigenvalue weighted by molar-refractivity contribution is -0.173. The lowest BCUT2D eigenvalue weighted by Gasteiger charge is -2.30. The van der Waals surface area contributed by atoms with Gasteiger partial charge in [0.05, 0.1) is 6.54 Å². The number of nitrogens with zero attached hydrogens (tertiary/aromatic N) is 1. The van der Waals surface area contributed by atoms with Crippen molar-refractivity contribution >= 4 is 6.08 Å². The van der Waals surface area contributed by atoms with Crippen LogP contribution in [0.4, 0.5) is 0 Å². The van der Waals surface area contributed by atoms with E-state index in [2.05, 4.69) is 81.1 Å². The van der Waals surface area contributed by atoms with Crippen molar-refractivity contribution in [3.05, 3.63) is 90.1 Å². The van der Waals surface area contributed by atoms with E-state index in [1.807, 2.05) is 17.2 Å². The maximum atomic E-state index is 6.54. The SMILES string of the molecule is C=CCN(OC(CCC)c1ccccc1)/C(=C/c1ccccc1)CCCC. The van der Waals surface area contributed by atoms with Crippen molar-refractivity contribution in [2.75, 3.05) is 6.54 Å². The van der Waals surface area contributed by atoms with Crippen molar-refractivity contribution in [2.45, 2.75) is 52.1 Å². The molecule has 0 amide bonds. The van der Waals surface area contributed by atoms with E-state index in [0.717, 1.165) is 32.1 Å². The fourth-order valence-electron chi connectivity index (χ4n) is 3.08. The molecule has 2 aromatic rings. The molecular formula is C25H33NO. The smallest absolute Gasteiger partial charge is 0.111 e. The zero-order chi connectivity index (χ0) is 19.3. The first kappa shape index (κ1) is 21.0. The van der Waals surface area contributed by atoms with Gasteiger partial charge in [0.15, 0.2) is 0 Å². The van der Waals surface area contributed by atoms with Crippen molar-refractivity contribution in [3.8, 4) is 0 Å². The maximum absolute atomic E-state index is 6.54. The number of allylic oxidation sites excluding steroid dienone is 1. The second-order valence-corrected chi connectivity index (χ2v) is 6.79. The second kappa shape index (κ2) is 12.1. The number of hydrogen-bond acceptors (Lipinski definition) is 2. The molecule has 0 spiro atoms. The molecule has 2 rings (SSSR count). The van der Waals surface area contributed by atoms with Crippen molar-refractivity contribution in [3.63, 3.8) is 0 Å². The van der Waals surface area contributed by atoms with Crippen molar-refractivity contribution < 1.29 is 4.84 Å². The Morgan fingerprint density at radius 1 is 1.00 bits per heavy atom. The first-order valence-electron chi connectivity index (χ1n) is 10.1. The maximum Gasteiger partial charge on any atom is 0.111 e. The highest BCUT2D eigenvalue weighted by molar-refractivity contribution is 5.52. The predicted octanol–water partition coefficient (Wildman–Crippen LogP) is 7.18. The largest absolute Gasteiger partial charge is 0.265 e. The Morgan fingerprint density at radius 3 is 2.26 bits per heavy atom. The van der Waals surface area contributed by atoms with Crippen LogP contribution in [0.1, 0.15) is 63.2 Å². The summed E-state index contributed by atoms with van der Waals surface area (Å²) in [5.74, 6) is 0. The number of benzene rings is 2. The van der Waals surface area contributed by atoms with Crippen LogP contribution in [-0.4, -0.2) is 11.6 Å².